The molecule has 9 heteroatoms. The first kappa shape index (κ1) is 29.7. The van der Waals surface area contributed by atoms with Gasteiger partial charge in [-0.25, -0.2) is 0 Å². The molecule has 0 bridgehead atoms. The molecule has 7 nitrogen and oxygen atoms in total. The standard InChI is InChI=1S/C4H6O.C3H6O.Na.H2O4S.H2O.H/c1-3-5-4-2;1-2-3-4;;1-5(2,3)4;;/h3-4H,1-2H2;2,4H,1,3H2;;(H2,1,2,3,4);1H2;. The van der Waals surface area contributed by atoms with Crippen LogP contribution < -0.4 is 0 Å². The summed E-state index contributed by atoms with van der Waals surface area (Å²) in [6, 6.07) is 0. The van der Waals surface area contributed by atoms with E-state index in [0.717, 1.165) is 0 Å². The van der Waals surface area contributed by atoms with Gasteiger partial charge in [-0.3, -0.25) is 9.11 Å². The zero-order valence-electron chi connectivity index (χ0n) is 8.04. The topological polar surface area (TPSA) is 136 Å². The summed E-state index contributed by atoms with van der Waals surface area (Å²) in [7, 11) is -4.67. The Labute approximate surface area is 117 Å². The molecule has 0 fully saturated rings. The van der Waals surface area contributed by atoms with Gasteiger partial charge in [0.25, 0.3) is 0 Å². The normalized spacial score (nSPS) is 6.94. The minimum absolute atomic E-state index is 0. The fraction of sp³-hybridized carbons (Fsp3) is 0.143. The molecule has 0 spiro atoms. The van der Waals surface area contributed by atoms with Gasteiger partial charge >= 0.3 is 40.0 Å². The van der Waals surface area contributed by atoms with Crippen LogP contribution in [0.3, 0.4) is 0 Å². The first-order valence-corrected chi connectivity index (χ1v) is 4.52. The molecule has 0 atom stereocenters. The van der Waals surface area contributed by atoms with Crippen LogP contribution in [0.5, 0.6) is 0 Å². The van der Waals surface area contributed by atoms with Gasteiger partial charge in [0.2, 0.25) is 0 Å². The van der Waals surface area contributed by atoms with Crippen molar-refractivity contribution in [3.8, 4) is 0 Å². The summed E-state index contributed by atoms with van der Waals surface area (Å²) < 4.78 is 35.9. The van der Waals surface area contributed by atoms with Crippen molar-refractivity contribution in [3.63, 3.8) is 0 Å². The Kier molecular flexibility index (Phi) is 44.8. The number of aliphatic hydroxyl groups excluding tert-OH is 1. The van der Waals surface area contributed by atoms with Gasteiger partial charge in [0.1, 0.15) is 0 Å². The summed E-state index contributed by atoms with van der Waals surface area (Å²) in [6.07, 6.45) is 4.06. The number of rotatable bonds is 3. The Morgan fingerprint density at radius 1 is 1.12 bits per heavy atom. The van der Waals surface area contributed by atoms with Crippen molar-refractivity contribution < 1.29 is 32.8 Å². The van der Waals surface area contributed by atoms with E-state index in [2.05, 4.69) is 24.5 Å². The maximum absolute atomic E-state index is 8.74. The van der Waals surface area contributed by atoms with Crippen molar-refractivity contribution in [2.75, 3.05) is 6.61 Å². The number of ether oxygens (including phenoxy) is 1. The Bertz CT molecular complexity index is 223. The molecule has 0 rings (SSSR count). The maximum atomic E-state index is 8.74. The van der Waals surface area contributed by atoms with E-state index < -0.39 is 10.4 Å². The van der Waals surface area contributed by atoms with E-state index in [0.29, 0.717) is 0 Å². The number of hydrogen-bond acceptors (Lipinski definition) is 4. The molecule has 0 radical (unpaired) electrons. The predicted octanol–water partition coefficient (Wildman–Crippen LogP) is -0.671. The van der Waals surface area contributed by atoms with Crippen LogP contribution in [-0.4, -0.2) is 64.3 Å². The Balaban J connectivity index is -0.0000000358. The molecule has 0 saturated carbocycles. The van der Waals surface area contributed by atoms with Crippen LogP contribution in [0.25, 0.3) is 0 Å². The zero-order valence-corrected chi connectivity index (χ0v) is 8.85. The summed E-state index contributed by atoms with van der Waals surface area (Å²) in [5.74, 6) is 0. The molecule has 0 aliphatic heterocycles. The summed E-state index contributed by atoms with van der Waals surface area (Å²) in [4.78, 5) is 0. The Hall–Kier alpha value is -0.190. The summed E-state index contributed by atoms with van der Waals surface area (Å²) in [6.45, 7) is 9.83. The number of hydrogen-bond donors (Lipinski definition) is 3. The average molecular weight is 268 g/mol. The van der Waals surface area contributed by atoms with Crippen molar-refractivity contribution in [3.05, 3.63) is 38.3 Å². The van der Waals surface area contributed by atoms with E-state index in [1.807, 2.05) is 0 Å². The molecule has 0 aromatic rings. The Morgan fingerprint density at radius 2 is 1.31 bits per heavy atom. The molecule has 16 heavy (non-hydrogen) atoms. The molecular weight excluding hydrogens is 251 g/mol. The van der Waals surface area contributed by atoms with Crippen molar-refractivity contribution in [1.29, 1.82) is 0 Å². The third kappa shape index (κ3) is 287. The van der Waals surface area contributed by atoms with Crippen LogP contribution in [0.1, 0.15) is 0 Å². The second-order valence-corrected chi connectivity index (χ2v) is 2.28. The van der Waals surface area contributed by atoms with Gasteiger partial charge in [0, 0.05) is 0 Å². The quantitative estimate of drug-likeness (QED) is 0.269. The zero-order chi connectivity index (χ0) is 12.0. The first-order valence-electron chi connectivity index (χ1n) is 3.12. The van der Waals surface area contributed by atoms with Crippen LogP contribution >= 0.6 is 0 Å². The molecule has 0 unspecified atom stereocenters. The van der Waals surface area contributed by atoms with Crippen LogP contribution in [0.15, 0.2) is 38.3 Å². The fourth-order valence-corrected chi connectivity index (χ4v) is 0.0680. The second-order valence-electron chi connectivity index (χ2n) is 1.39. The molecule has 0 aromatic heterocycles. The molecule has 0 heterocycles. The predicted molar refractivity (Wildman–Crippen MR) is 63.7 cm³/mol. The van der Waals surface area contributed by atoms with Crippen LogP contribution in [0, 0.1) is 0 Å². The van der Waals surface area contributed by atoms with Crippen molar-refractivity contribution in [2.45, 2.75) is 0 Å². The summed E-state index contributed by atoms with van der Waals surface area (Å²) in [5, 5.41) is 7.76. The number of aliphatic hydroxyl groups is 1. The monoisotopic (exact) mass is 268 g/mol. The van der Waals surface area contributed by atoms with E-state index in [1.165, 1.54) is 18.6 Å². The third-order valence-corrected chi connectivity index (χ3v) is 0.322. The van der Waals surface area contributed by atoms with E-state index in [9.17, 15) is 0 Å². The van der Waals surface area contributed by atoms with Crippen molar-refractivity contribution in [1.82, 2.24) is 0 Å². The van der Waals surface area contributed by atoms with Gasteiger partial charge in [-0.15, -0.1) is 6.58 Å². The SMILES string of the molecule is C=CCO.C=COC=C.O.O=S(=O)(O)O.[NaH]. The van der Waals surface area contributed by atoms with Crippen LogP contribution in [0.4, 0.5) is 0 Å². The minimum atomic E-state index is -4.67. The van der Waals surface area contributed by atoms with E-state index in [-0.39, 0.29) is 41.6 Å². The van der Waals surface area contributed by atoms with Crippen LogP contribution in [-0.2, 0) is 15.1 Å². The second kappa shape index (κ2) is 24.2. The van der Waals surface area contributed by atoms with E-state index >= 15 is 0 Å². The summed E-state index contributed by atoms with van der Waals surface area (Å²) >= 11 is 0. The van der Waals surface area contributed by atoms with Crippen LogP contribution in [0.2, 0.25) is 0 Å². The molecule has 0 aliphatic carbocycles. The molecule has 94 valence electrons. The van der Waals surface area contributed by atoms with E-state index in [1.54, 1.807) is 0 Å². The molecule has 0 aromatic carbocycles. The molecule has 5 N–H and O–H groups in total. The van der Waals surface area contributed by atoms with Gasteiger partial charge in [0.15, 0.2) is 0 Å². The Morgan fingerprint density at radius 3 is 1.31 bits per heavy atom. The molecule has 0 aliphatic rings. The molecule has 0 saturated heterocycles. The van der Waals surface area contributed by atoms with E-state index in [4.69, 9.17) is 22.6 Å². The summed E-state index contributed by atoms with van der Waals surface area (Å²) in [5.41, 5.74) is 0. The van der Waals surface area contributed by atoms with Gasteiger partial charge in [-0.1, -0.05) is 19.2 Å². The fourth-order valence-electron chi connectivity index (χ4n) is 0.0680. The van der Waals surface area contributed by atoms with Gasteiger partial charge < -0.3 is 15.3 Å². The van der Waals surface area contributed by atoms with Crippen molar-refractivity contribution in [2.24, 2.45) is 0 Å². The molecule has 0 amide bonds. The first-order chi connectivity index (χ1) is 6.33. The average Bonchev–Trinajstić information content (AvgIpc) is 2.03. The van der Waals surface area contributed by atoms with Gasteiger partial charge in [-0.2, -0.15) is 8.42 Å². The van der Waals surface area contributed by atoms with Crippen molar-refractivity contribution >= 4 is 40.0 Å². The molecular formula is C7H17NaO7S. The van der Waals surface area contributed by atoms with Gasteiger partial charge in [0.05, 0.1) is 19.1 Å². The third-order valence-electron chi connectivity index (χ3n) is 0.322. The van der Waals surface area contributed by atoms with Gasteiger partial charge in [-0.05, 0) is 0 Å².